The average molecular weight is 387 g/mol. The van der Waals surface area contributed by atoms with Gasteiger partial charge in [0.05, 0.1) is 6.61 Å². The molecule has 1 amide bonds. The van der Waals surface area contributed by atoms with Gasteiger partial charge in [-0.1, -0.05) is 6.07 Å². The van der Waals surface area contributed by atoms with Crippen LogP contribution in [0.5, 0.6) is 11.5 Å². The van der Waals surface area contributed by atoms with E-state index in [0.717, 1.165) is 17.0 Å². The largest absolute Gasteiger partial charge is 0.454 e. The van der Waals surface area contributed by atoms with Crippen molar-refractivity contribution in [2.24, 2.45) is 7.05 Å². The van der Waals surface area contributed by atoms with Crippen LogP contribution in [0.2, 0.25) is 0 Å². The molecule has 150 valence electrons. The van der Waals surface area contributed by atoms with E-state index < -0.39 is 5.79 Å². The first-order valence-electron chi connectivity index (χ1n) is 9.31. The Morgan fingerprint density at radius 1 is 1.29 bits per heavy atom. The number of benzene rings is 1. The predicted molar refractivity (Wildman–Crippen MR) is 100 cm³/mol. The number of fused-ring (bicyclic) bond motifs is 1. The lowest BCUT2D eigenvalue weighted by atomic mass is 10.1. The summed E-state index contributed by atoms with van der Waals surface area (Å²) in [5, 5.41) is 4.34. The van der Waals surface area contributed by atoms with E-state index in [1.54, 1.807) is 15.6 Å². The topological polar surface area (TPSA) is 75.1 Å². The summed E-state index contributed by atoms with van der Waals surface area (Å²) in [6.07, 6.45) is -0.197. The van der Waals surface area contributed by atoms with E-state index in [4.69, 9.17) is 18.9 Å². The minimum absolute atomic E-state index is 0.144. The Morgan fingerprint density at radius 2 is 2.07 bits per heavy atom. The summed E-state index contributed by atoms with van der Waals surface area (Å²) >= 11 is 0. The fraction of sp³-hybridized carbons (Fsp3) is 0.500. The zero-order chi connectivity index (χ0) is 19.9. The summed E-state index contributed by atoms with van der Waals surface area (Å²) in [4.78, 5) is 14.9. The summed E-state index contributed by atoms with van der Waals surface area (Å²) in [6, 6.07) is 7.50. The fourth-order valence-corrected chi connectivity index (χ4v) is 3.40. The second-order valence-electron chi connectivity index (χ2n) is 7.62. The Balaban J connectivity index is 1.56. The van der Waals surface area contributed by atoms with E-state index >= 15 is 0 Å². The van der Waals surface area contributed by atoms with Gasteiger partial charge in [-0.25, -0.2) is 0 Å². The van der Waals surface area contributed by atoms with Gasteiger partial charge in [0.1, 0.15) is 6.10 Å². The number of rotatable bonds is 5. The van der Waals surface area contributed by atoms with Crippen molar-refractivity contribution in [3.05, 3.63) is 41.2 Å². The molecule has 1 atom stereocenters. The molecule has 0 spiro atoms. The van der Waals surface area contributed by atoms with E-state index in [1.807, 2.05) is 46.0 Å². The third-order valence-corrected chi connectivity index (χ3v) is 4.92. The lowest BCUT2D eigenvalue weighted by Gasteiger charge is -2.25. The first-order chi connectivity index (χ1) is 13.3. The molecule has 0 bridgehead atoms. The maximum atomic E-state index is 13.2. The smallest absolute Gasteiger partial charge is 0.274 e. The second kappa shape index (κ2) is 7.10. The SMILES string of the molecule is Cc1cc(C(=O)N(Cc2ccc3c(c2)OCO3)CC2COC(C)(C)O2)nn1C. The van der Waals surface area contributed by atoms with Gasteiger partial charge in [-0.3, -0.25) is 9.48 Å². The molecule has 2 aliphatic rings. The van der Waals surface area contributed by atoms with Gasteiger partial charge >= 0.3 is 0 Å². The molecule has 8 nitrogen and oxygen atoms in total. The third kappa shape index (κ3) is 3.83. The molecule has 1 aromatic heterocycles. The van der Waals surface area contributed by atoms with Crippen molar-refractivity contribution < 1.29 is 23.7 Å². The molecule has 0 radical (unpaired) electrons. The highest BCUT2D eigenvalue weighted by Crippen LogP contribution is 2.33. The van der Waals surface area contributed by atoms with Crippen LogP contribution in [-0.4, -0.2) is 52.4 Å². The van der Waals surface area contributed by atoms with Gasteiger partial charge in [-0.05, 0) is 44.5 Å². The number of aromatic nitrogens is 2. The highest BCUT2D eigenvalue weighted by Gasteiger charge is 2.35. The highest BCUT2D eigenvalue weighted by molar-refractivity contribution is 5.92. The number of nitrogens with zero attached hydrogens (tertiary/aromatic N) is 3. The highest BCUT2D eigenvalue weighted by atomic mass is 16.7. The molecule has 2 aliphatic heterocycles. The number of ether oxygens (including phenoxy) is 4. The van der Waals surface area contributed by atoms with E-state index in [0.29, 0.717) is 31.1 Å². The minimum atomic E-state index is -0.639. The number of carbonyl (C=O) groups is 1. The van der Waals surface area contributed by atoms with Crippen LogP contribution in [0.3, 0.4) is 0 Å². The quantitative estimate of drug-likeness (QED) is 0.783. The van der Waals surface area contributed by atoms with Gasteiger partial charge in [-0.15, -0.1) is 0 Å². The third-order valence-electron chi connectivity index (χ3n) is 4.92. The van der Waals surface area contributed by atoms with E-state index in [9.17, 15) is 4.79 Å². The molecule has 3 heterocycles. The van der Waals surface area contributed by atoms with E-state index in [-0.39, 0.29) is 18.8 Å². The van der Waals surface area contributed by atoms with Crippen LogP contribution in [0.4, 0.5) is 0 Å². The van der Waals surface area contributed by atoms with Crippen molar-refractivity contribution in [2.75, 3.05) is 19.9 Å². The molecular weight excluding hydrogens is 362 g/mol. The van der Waals surface area contributed by atoms with Crippen molar-refractivity contribution in [1.82, 2.24) is 14.7 Å². The van der Waals surface area contributed by atoms with Crippen molar-refractivity contribution in [3.63, 3.8) is 0 Å². The molecule has 1 aromatic carbocycles. The normalized spacial score (nSPS) is 19.8. The molecule has 1 fully saturated rings. The van der Waals surface area contributed by atoms with Gasteiger partial charge in [0.15, 0.2) is 23.0 Å². The lowest BCUT2D eigenvalue weighted by molar-refractivity contribution is -0.139. The molecule has 28 heavy (non-hydrogen) atoms. The summed E-state index contributed by atoms with van der Waals surface area (Å²) < 4.78 is 24.1. The first kappa shape index (κ1) is 18.8. The Hall–Kier alpha value is -2.58. The van der Waals surface area contributed by atoms with Crippen molar-refractivity contribution in [1.29, 1.82) is 0 Å². The number of hydrogen-bond donors (Lipinski definition) is 0. The zero-order valence-electron chi connectivity index (χ0n) is 16.6. The molecule has 4 rings (SSSR count). The van der Waals surface area contributed by atoms with E-state index in [1.165, 1.54) is 0 Å². The van der Waals surface area contributed by atoms with Gasteiger partial charge in [0, 0.05) is 25.8 Å². The van der Waals surface area contributed by atoms with Crippen LogP contribution in [-0.2, 0) is 23.1 Å². The predicted octanol–water partition coefficient (Wildman–Crippen LogP) is 2.25. The van der Waals surface area contributed by atoms with Gasteiger partial charge < -0.3 is 23.8 Å². The summed E-state index contributed by atoms with van der Waals surface area (Å²) in [6.45, 7) is 7.15. The standard InChI is InChI=1S/C20H25N3O5/c1-13-7-16(21-22(13)4)19(24)23(10-15-11-27-20(2,3)28-15)9-14-5-6-17-18(8-14)26-12-25-17/h5-8,15H,9-12H2,1-4H3. The minimum Gasteiger partial charge on any atom is -0.454 e. The number of amides is 1. The van der Waals surface area contributed by atoms with Crippen LogP contribution in [0.15, 0.2) is 24.3 Å². The molecule has 1 unspecified atom stereocenters. The number of hydrogen-bond acceptors (Lipinski definition) is 6. The number of carbonyl (C=O) groups excluding carboxylic acids is 1. The maximum absolute atomic E-state index is 13.2. The lowest BCUT2D eigenvalue weighted by Crippen LogP contribution is -2.39. The monoisotopic (exact) mass is 387 g/mol. The van der Waals surface area contributed by atoms with Crippen LogP contribution in [0, 0.1) is 6.92 Å². The molecule has 0 saturated carbocycles. The molecule has 0 N–H and O–H groups in total. The van der Waals surface area contributed by atoms with Crippen LogP contribution < -0.4 is 9.47 Å². The molecule has 0 aliphatic carbocycles. The van der Waals surface area contributed by atoms with Gasteiger partial charge in [0.25, 0.3) is 5.91 Å². The first-order valence-corrected chi connectivity index (χ1v) is 9.31. The van der Waals surface area contributed by atoms with Gasteiger partial charge in [-0.2, -0.15) is 5.10 Å². The molecule has 1 saturated heterocycles. The summed E-state index contributed by atoms with van der Waals surface area (Å²) in [5.74, 6) is 0.630. The Morgan fingerprint density at radius 3 is 2.75 bits per heavy atom. The second-order valence-corrected chi connectivity index (χ2v) is 7.62. The summed E-state index contributed by atoms with van der Waals surface area (Å²) in [5.41, 5.74) is 2.29. The number of aryl methyl sites for hydroxylation is 2. The average Bonchev–Trinajstić information content (AvgIpc) is 3.33. The molecule has 2 aromatic rings. The van der Waals surface area contributed by atoms with Gasteiger partial charge in [0.2, 0.25) is 6.79 Å². The van der Waals surface area contributed by atoms with Crippen LogP contribution in [0.25, 0.3) is 0 Å². The Bertz CT molecular complexity index is 872. The van der Waals surface area contributed by atoms with Crippen molar-refractivity contribution >= 4 is 5.91 Å². The zero-order valence-corrected chi connectivity index (χ0v) is 16.6. The Kier molecular flexibility index (Phi) is 4.76. The van der Waals surface area contributed by atoms with Crippen LogP contribution >= 0.6 is 0 Å². The maximum Gasteiger partial charge on any atom is 0.274 e. The molecular formula is C20H25N3O5. The fourth-order valence-electron chi connectivity index (χ4n) is 3.40. The molecule has 8 heteroatoms. The van der Waals surface area contributed by atoms with E-state index in [2.05, 4.69) is 5.10 Å². The Labute approximate surface area is 163 Å². The van der Waals surface area contributed by atoms with Crippen molar-refractivity contribution in [2.45, 2.75) is 39.2 Å². The van der Waals surface area contributed by atoms with Crippen molar-refractivity contribution in [3.8, 4) is 11.5 Å². The summed E-state index contributed by atoms with van der Waals surface area (Å²) in [7, 11) is 1.82. The van der Waals surface area contributed by atoms with Crippen LogP contribution in [0.1, 0.15) is 35.6 Å².